The fraction of sp³-hybridized carbons (Fsp3) is 0.375. The molecule has 0 unspecified atom stereocenters. The minimum Gasteiger partial charge on any atom is -0.480 e. The van der Waals surface area contributed by atoms with Crippen LogP contribution in [0.4, 0.5) is 16.2 Å². The number of nitrogens with zero attached hydrogens (tertiary/aromatic N) is 5. The minimum atomic E-state index is -1.29. The molecule has 0 spiro atoms. The van der Waals surface area contributed by atoms with Crippen molar-refractivity contribution in [3.63, 3.8) is 0 Å². The van der Waals surface area contributed by atoms with Gasteiger partial charge in [0.25, 0.3) is 0 Å². The number of aryl methyl sites for hydroxylation is 2. The number of fused-ring (bicyclic) bond motifs is 1. The van der Waals surface area contributed by atoms with Gasteiger partial charge in [0.15, 0.2) is 0 Å². The normalized spacial score (nSPS) is 17.0. The first-order chi connectivity index (χ1) is 13.1. The van der Waals surface area contributed by atoms with Crippen molar-refractivity contribution >= 4 is 50.4 Å². The molecule has 2 aromatic heterocycles. The average Bonchev–Trinajstić information content (AvgIpc) is 2.64. The highest BCUT2D eigenvalue weighted by atomic mass is 79.9. The molecule has 0 aromatic carbocycles. The minimum absolute atomic E-state index is 0.00851. The standard InChI is InChI=1S/C16H16BrN5O6/c1-7-11(17)8(2)19-13-12(7)18-5-9(22(27)28)14(13)21-4-3-20(16(25)26)6-10(21)15(23)24/h5,10H,3-4,6H2,1-2H3,(H,23,24)(H,25,26)/t10-/m1/s1. The molecule has 11 nitrogen and oxygen atoms in total. The smallest absolute Gasteiger partial charge is 0.407 e. The number of pyridine rings is 2. The van der Waals surface area contributed by atoms with Crippen LogP contribution in [0.5, 0.6) is 0 Å². The molecule has 1 atom stereocenters. The molecule has 3 heterocycles. The van der Waals surface area contributed by atoms with Gasteiger partial charge in [-0.15, -0.1) is 0 Å². The number of carboxylic acid groups (broad SMARTS) is 2. The summed E-state index contributed by atoms with van der Waals surface area (Å²) in [6.45, 7) is 3.16. The summed E-state index contributed by atoms with van der Waals surface area (Å²) in [5.74, 6) is -1.28. The number of hydrogen-bond acceptors (Lipinski definition) is 7. The van der Waals surface area contributed by atoms with Crippen LogP contribution in [0.25, 0.3) is 11.0 Å². The van der Waals surface area contributed by atoms with Gasteiger partial charge in [0.1, 0.15) is 23.4 Å². The Kier molecular flexibility index (Phi) is 5.06. The van der Waals surface area contributed by atoms with Gasteiger partial charge in [-0.2, -0.15) is 0 Å². The van der Waals surface area contributed by atoms with Gasteiger partial charge in [0, 0.05) is 17.6 Å². The van der Waals surface area contributed by atoms with Gasteiger partial charge < -0.3 is 20.0 Å². The number of aliphatic carboxylic acids is 1. The average molecular weight is 454 g/mol. The maximum atomic E-state index is 11.8. The van der Waals surface area contributed by atoms with Crippen LogP contribution in [0.3, 0.4) is 0 Å². The highest BCUT2D eigenvalue weighted by Gasteiger charge is 2.39. The summed E-state index contributed by atoms with van der Waals surface area (Å²) in [5, 5.41) is 30.5. The molecule has 0 radical (unpaired) electrons. The van der Waals surface area contributed by atoms with Crippen molar-refractivity contribution < 1.29 is 24.7 Å². The summed E-state index contributed by atoms with van der Waals surface area (Å²) in [7, 11) is 0. The lowest BCUT2D eigenvalue weighted by molar-refractivity contribution is -0.384. The monoisotopic (exact) mass is 453 g/mol. The van der Waals surface area contributed by atoms with E-state index in [1.54, 1.807) is 13.8 Å². The zero-order valence-electron chi connectivity index (χ0n) is 14.9. The van der Waals surface area contributed by atoms with Gasteiger partial charge in [0.05, 0.1) is 22.7 Å². The maximum Gasteiger partial charge on any atom is 0.407 e. The first kappa shape index (κ1) is 19.7. The summed E-state index contributed by atoms with van der Waals surface area (Å²) < 4.78 is 0.706. The molecule has 3 rings (SSSR count). The summed E-state index contributed by atoms with van der Waals surface area (Å²) in [6.07, 6.45) is -0.162. The van der Waals surface area contributed by atoms with Crippen LogP contribution in [0, 0.1) is 24.0 Å². The number of piperazine rings is 1. The van der Waals surface area contributed by atoms with E-state index in [4.69, 9.17) is 0 Å². The Labute approximate surface area is 166 Å². The van der Waals surface area contributed by atoms with Gasteiger partial charge in [-0.3, -0.25) is 10.1 Å². The number of halogens is 1. The number of carbonyl (C=O) groups is 2. The zero-order chi connectivity index (χ0) is 20.7. The van der Waals surface area contributed by atoms with E-state index in [2.05, 4.69) is 25.9 Å². The fourth-order valence-corrected chi connectivity index (χ4v) is 3.58. The Morgan fingerprint density at radius 2 is 1.96 bits per heavy atom. The lowest BCUT2D eigenvalue weighted by atomic mass is 10.1. The molecule has 0 bridgehead atoms. The highest BCUT2D eigenvalue weighted by molar-refractivity contribution is 9.10. The Hall–Kier alpha value is -3.02. The molecule has 2 aromatic rings. The van der Waals surface area contributed by atoms with Gasteiger partial charge in [-0.25, -0.2) is 19.6 Å². The largest absolute Gasteiger partial charge is 0.480 e. The lowest BCUT2D eigenvalue weighted by Gasteiger charge is -2.39. The first-order valence-corrected chi connectivity index (χ1v) is 8.99. The molecule has 1 saturated heterocycles. The number of amides is 1. The Morgan fingerprint density at radius 1 is 1.29 bits per heavy atom. The molecule has 2 N–H and O–H groups in total. The lowest BCUT2D eigenvalue weighted by Crippen LogP contribution is -2.58. The quantitative estimate of drug-likeness (QED) is 0.525. The van der Waals surface area contributed by atoms with E-state index in [0.717, 1.165) is 16.7 Å². The molecule has 0 aliphatic carbocycles. The third-order valence-corrected chi connectivity index (χ3v) is 5.88. The van der Waals surface area contributed by atoms with Crippen LogP contribution in [0.2, 0.25) is 0 Å². The summed E-state index contributed by atoms with van der Waals surface area (Å²) >= 11 is 3.41. The van der Waals surface area contributed by atoms with E-state index in [0.29, 0.717) is 15.7 Å². The fourth-order valence-electron chi connectivity index (χ4n) is 3.31. The SMILES string of the molecule is Cc1nc2c(N3CCN(C(=O)O)C[C@@H]3C(=O)O)c([N+](=O)[O-])cnc2c(C)c1Br. The van der Waals surface area contributed by atoms with Gasteiger partial charge in [-0.1, -0.05) is 0 Å². The molecule has 1 aliphatic heterocycles. The Morgan fingerprint density at radius 3 is 2.54 bits per heavy atom. The zero-order valence-corrected chi connectivity index (χ0v) is 16.5. The number of nitro groups is 1. The van der Waals surface area contributed by atoms with E-state index in [1.807, 2.05) is 0 Å². The summed E-state index contributed by atoms with van der Waals surface area (Å²) in [6, 6.07) is -1.29. The van der Waals surface area contributed by atoms with Crippen LogP contribution in [-0.4, -0.2) is 67.7 Å². The van der Waals surface area contributed by atoms with Crippen LogP contribution in [0.15, 0.2) is 10.7 Å². The number of carboxylic acids is 1. The number of aromatic nitrogens is 2. The van der Waals surface area contributed by atoms with E-state index in [1.165, 1.54) is 4.90 Å². The van der Waals surface area contributed by atoms with Crippen LogP contribution < -0.4 is 4.90 Å². The number of hydrogen-bond donors (Lipinski definition) is 2. The Balaban J connectivity index is 2.28. The maximum absolute atomic E-state index is 11.8. The molecule has 148 valence electrons. The summed E-state index contributed by atoms with van der Waals surface area (Å²) in [5.41, 5.74) is 1.56. The van der Waals surface area contributed by atoms with E-state index in [-0.39, 0.29) is 36.5 Å². The molecule has 1 amide bonds. The van der Waals surface area contributed by atoms with Crippen molar-refractivity contribution in [2.75, 3.05) is 24.5 Å². The molecule has 1 fully saturated rings. The van der Waals surface area contributed by atoms with E-state index < -0.39 is 23.0 Å². The third kappa shape index (κ3) is 3.19. The van der Waals surface area contributed by atoms with Crippen molar-refractivity contribution in [2.24, 2.45) is 0 Å². The second-order valence-corrected chi connectivity index (χ2v) is 7.15. The second kappa shape index (κ2) is 7.19. The van der Waals surface area contributed by atoms with E-state index >= 15 is 0 Å². The van der Waals surface area contributed by atoms with Crippen molar-refractivity contribution in [1.82, 2.24) is 14.9 Å². The third-order valence-electron chi connectivity index (χ3n) is 4.71. The van der Waals surface area contributed by atoms with E-state index in [9.17, 15) is 29.9 Å². The highest BCUT2D eigenvalue weighted by Crippen LogP contribution is 2.38. The van der Waals surface area contributed by atoms with Crippen LogP contribution >= 0.6 is 15.9 Å². The van der Waals surface area contributed by atoms with Crippen molar-refractivity contribution in [3.05, 3.63) is 32.0 Å². The molecular formula is C16H16BrN5O6. The van der Waals surface area contributed by atoms with Crippen molar-refractivity contribution in [2.45, 2.75) is 19.9 Å². The predicted molar refractivity (Wildman–Crippen MR) is 102 cm³/mol. The molecule has 0 saturated carbocycles. The predicted octanol–water partition coefficient (Wildman–Crippen LogP) is 2.17. The van der Waals surface area contributed by atoms with Crippen molar-refractivity contribution in [1.29, 1.82) is 0 Å². The van der Waals surface area contributed by atoms with Crippen LogP contribution in [0.1, 0.15) is 11.3 Å². The molecule has 28 heavy (non-hydrogen) atoms. The molecule has 12 heteroatoms. The van der Waals surface area contributed by atoms with Gasteiger partial charge in [0.2, 0.25) is 0 Å². The second-order valence-electron chi connectivity index (χ2n) is 6.36. The Bertz CT molecular complexity index is 1010. The number of rotatable bonds is 3. The van der Waals surface area contributed by atoms with Crippen molar-refractivity contribution in [3.8, 4) is 0 Å². The molecular weight excluding hydrogens is 438 g/mol. The first-order valence-electron chi connectivity index (χ1n) is 8.20. The topological polar surface area (TPSA) is 150 Å². The van der Waals surface area contributed by atoms with Gasteiger partial charge in [-0.05, 0) is 35.3 Å². The number of anilines is 1. The summed E-state index contributed by atoms with van der Waals surface area (Å²) in [4.78, 5) is 45.0. The van der Waals surface area contributed by atoms with Crippen LogP contribution in [-0.2, 0) is 4.79 Å². The molecule has 1 aliphatic rings. The van der Waals surface area contributed by atoms with Gasteiger partial charge >= 0.3 is 17.7 Å².